The molecule has 0 bridgehead atoms. The van der Waals surface area contributed by atoms with Crippen LogP contribution in [0, 0.1) is 0 Å². The summed E-state index contributed by atoms with van der Waals surface area (Å²) in [5, 5.41) is 0. The highest BCUT2D eigenvalue weighted by Gasteiger charge is 2.09. The van der Waals surface area contributed by atoms with Gasteiger partial charge in [0.05, 0.1) is 12.7 Å². The monoisotopic (exact) mass is 244 g/mol. The molecule has 0 aliphatic rings. The van der Waals surface area contributed by atoms with Crippen LogP contribution in [0.5, 0.6) is 0 Å². The van der Waals surface area contributed by atoms with Gasteiger partial charge in [0.15, 0.2) is 0 Å². The molecule has 0 atom stereocenters. The maximum absolute atomic E-state index is 11.5. The van der Waals surface area contributed by atoms with Gasteiger partial charge in [0.1, 0.15) is 0 Å². The van der Waals surface area contributed by atoms with Gasteiger partial charge in [0.25, 0.3) is 0 Å². The van der Waals surface area contributed by atoms with Crippen LogP contribution in [0.2, 0.25) is 0 Å². The molecule has 2 nitrogen and oxygen atoms in total. The normalized spacial score (nSPS) is 10.0. The third-order valence-electron chi connectivity index (χ3n) is 2.50. The molecule has 0 aliphatic carbocycles. The Hall–Kier alpha value is -1.74. The van der Waals surface area contributed by atoms with Crippen molar-refractivity contribution in [2.75, 3.05) is 7.11 Å². The molecule has 0 fully saturated rings. The third kappa shape index (κ3) is 2.50. The molecule has 0 spiro atoms. The van der Waals surface area contributed by atoms with Gasteiger partial charge in [-0.3, -0.25) is 0 Å². The SMILES string of the molecule is COC(=O)c1ccc(S)c(-c2ccccc2)c1. The van der Waals surface area contributed by atoms with Crippen molar-refractivity contribution in [3.05, 3.63) is 54.1 Å². The fraction of sp³-hybridized carbons (Fsp3) is 0.0714. The van der Waals surface area contributed by atoms with Gasteiger partial charge in [0.2, 0.25) is 0 Å². The molecular formula is C14H12O2S. The Balaban J connectivity index is 2.50. The quantitative estimate of drug-likeness (QED) is 0.647. The first-order valence-corrected chi connectivity index (χ1v) is 5.64. The first-order valence-electron chi connectivity index (χ1n) is 5.19. The highest BCUT2D eigenvalue weighted by atomic mass is 32.1. The Morgan fingerprint density at radius 3 is 2.47 bits per heavy atom. The average molecular weight is 244 g/mol. The molecule has 0 radical (unpaired) electrons. The van der Waals surface area contributed by atoms with Gasteiger partial charge in [-0.25, -0.2) is 4.79 Å². The van der Waals surface area contributed by atoms with Crippen LogP contribution in [0.3, 0.4) is 0 Å². The van der Waals surface area contributed by atoms with Gasteiger partial charge < -0.3 is 4.74 Å². The first-order chi connectivity index (χ1) is 8.22. The van der Waals surface area contributed by atoms with Crippen molar-refractivity contribution in [3.8, 4) is 11.1 Å². The molecule has 0 aliphatic heterocycles. The zero-order valence-corrected chi connectivity index (χ0v) is 10.3. The number of thiol groups is 1. The maximum Gasteiger partial charge on any atom is 0.337 e. The molecule has 2 rings (SSSR count). The second-order valence-corrected chi connectivity index (χ2v) is 4.07. The summed E-state index contributed by atoms with van der Waals surface area (Å²) in [6.45, 7) is 0. The number of carbonyl (C=O) groups is 1. The smallest absolute Gasteiger partial charge is 0.337 e. The Kier molecular flexibility index (Phi) is 3.49. The van der Waals surface area contributed by atoms with Crippen molar-refractivity contribution in [2.24, 2.45) is 0 Å². The second-order valence-electron chi connectivity index (χ2n) is 3.59. The molecular weight excluding hydrogens is 232 g/mol. The van der Waals surface area contributed by atoms with Crippen molar-refractivity contribution in [3.63, 3.8) is 0 Å². The van der Waals surface area contributed by atoms with E-state index in [-0.39, 0.29) is 5.97 Å². The van der Waals surface area contributed by atoms with Gasteiger partial charge in [-0.1, -0.05) is 30.3 Å². The fourth-order valence-electron chi connectivity index (χ4n) is 1.63. The number of hydrogen-bond donors (Lipinski definition) is 1. The first kappa shape index (κ1) is 11.7. The summed E-state index contributed by atoms with van der Waals surface area (Å²) >= 11 is 4.40. The molecule has 2 aromatic carbocycles. The lowest BCUT2D eigenvalue weighted by molar-refractivity contribution is 0.0600. The minimum Gasteiger partial charge on any atom is -0.465 e. The Morgan fingerprint density at radius 1 is 1.12 bits per heavy atom. The molecule has 0 unspecified atom stereocenters. The predicted octanol–water partition coefficient (Wildman–Crippen LogP) is 3.43. The largest absolute Gasteiger partial charge is 0.465 e. The van der Waals surface area contributed by atoms with Gasteiger partial charge in [-0.15, -0.1) is 12.6 Å². The van der Waals surface area contributed by atoms with E-state index in [1.807, 2.05) is 30.3 Å². The van der Waals surface area contributed by atoms with Crippen LogP contribution in [0.15, 0.2) is 53.4 Å². The minimum absolute atomic E-state index is 0.337. The Morgan fingerprint density at radius 2 is 1.82 bits per heavy atom. The van der Waals surface area contributed by atoms with E-state index in [9.17, 15) is 4.79 Å². The van der Waals surface area contributed by atoms with Crippen LogP contribution >= 0.6 is 12.6 Å². The van der Waals surface area contributed by atoms with Crippen LogP contribution in [0.4, 0.5) is 0 Å². The summed E-state index contributed by atoms with van der Waals surface area (Å²) in [7, 11) is 1.37. The number of carbonyl (C=O) groups excluding carboxylic acids is 1. The number of esters is 1. The highest BCUT2D eigenvalue weighted by molar-refractivity contribution is 7.80. The zero-order valence-electron chi connectivity index (χ0n) is 9.38. The Bertz CT molecular complexity index is 535. The van der Waals surface area contributed by atoms with Crippen LogP contribution in [0.1, 0.15) is 10.4 Å². The summed E-state index contributed by atoms with van der Waals surface area (Å²) < 4.78 is 4.70. The number of ether oxygens (including phenoxy) is 1. The van der Waals surface area contributed by atoms with Gasteiger partial charge in [-0.2, -0.15) is 0 Å². The molecule has 17 heavy (non-hydrogen) atoms. The van der Waals surface area contributed by atoms with Gasteiger partial charge in [-0.05, 0) is 29.3 Å². The molecule has 0 amide bonds. The van der Waals surface area contributed by atoms with Gasteiger partial charge >= 0.3 is 5.97 Å². The summed E-state index contributed by atoms with van der Waals surface area (Å²) in [5.74, 6) is -0.337. The van der Waals surface area contributed by atoms with Crippen molar-refractivity contribution in [1.29, 1.82) is 0 Å². The van der Waals surface area contributed by atoms with Gasteiger partial charge in [0, 0.05) is 4.90 Å². The van der Waals surface area contributed by atoms with Crippen molar-refractivity contribution < 1.29 is 9.53 Å². The van der Waals surface area contributed by atoms with E-state index >= 15 is 0 Å². The lowest BCUT2D eigenvalue weighted by Crippen LogP contribution is -2.01. The number of rotatable bonds is 2. The predicted molar refractivity (Wildman–Crippen MR) is 70.5 cm³/mol. The molecule has 2 aromatic rings. The standard InChI is InChI=1S/C14H12O2S/c1-16-14(15)11-7-8-13(17)12(9-11)10-5-3-2-4-6-10/h2-9,17H,1H3. The number of methoxy groups -OCH3 is 1. The molecule has 0 saturated carbocycles. The Labute approximate surface area is 106 Å². The lowest BCUT2D eigenvalue weighted by atomic mass is 10.0. The molecule has 0 N–H and O–H groups in total. The molecule has 0 saturated heterocycles. The number of benzene rings is 2. The van der Waals surface area contributed by atoms with Crippen LogP contribution in [-0.4, -0.2) is 13.1 Å². The van der Waals surface area contributed by atoms with E-state index in [2.05, 4.69) is 12.6 Å². The maximum atomic E-state index is 11.5. The number of hydrogen-bond acceptors (Lipinski definition) is 3. The van der Waals surface area contributed by atoms with E-state index in [0.717, 1.165) is 16.0 Å². The summed E-state index contributed by atoms with van der Waals surface area (Å²) in [5.41, 5.74) is 2.49. The summed E-state index contributed by atoms with van der Waals surface area (Å²) in [6.07, 6.45) is 0. The van der Waals surface area contributed by atoms with E-state index in [1.54, 1.807) is 18.2 Å². The average Bonchev–Trinajstić information content (AvgIpc) is 2.39. The topological polar surface area (TPSA) is 26.3 Å². The summed E-state index contributed by atoms with van der Waals surface area (Å²) in [6, 6.07) is 15.1. The third-order valence-corrected chi connectivity index (χ3v) is 2.89. The van der Waals surface area contributed by atoms with Crippen LogP contribution in [-0.2, 0) is 4.74 Å². The highest BCUT2D eigenvalue weighted by Crippen LogP contribution is 2.27. The molecule has 0 heterocycles. The molecule has 3 heteroatoms. The fourth-order valence-corrected chi connectivity index (χ4v) is 1.90. The van der Waals surface area contributed by atoms with Crippen molar-refractivity contribution in [2.45, 2.75) is 4.90 Å². The minimum atomic E-state index is -0.337. The zero-order chi connectivity index (χ0) is 12.3. The lowest BCUT2D eigenvalue weighted by Gasteiger charge is -2.07. The van der Waals surface area contributed by atoms with E-state index in [4.69, 9.17) is 4.74 Å². The van der Waals surface area contributed by atoms with E-state index in [0.29, 0.717) is 5.56 Å². The second kappa shape index (κ2) is 5.06. The van der Waals surface area contributed by atoms with E-state index in [1.165, 1.54) is 7.11 Å². The molecule has 0 aromatic heterocycles. The van der Waals surface area contributed by atoms with Crippen molar-refractivity contribution in [1.82, 2.24) is 0 Å². The van der Waals surface area contributed by atoms with Crippen molar-refractivity contribution >= 4 is 18.6 Å². The van der Waals surface area contributed by atoms with Crippen LogP contribution in [0.25, 0.3) is 11.1 Å². The van der Waals surface area contributed by atoms with Crippen LogP contribution < -0.4 is 0 Å². The summed E-state index contributed by atoms with van der Waals surface area (Å²) in [4.78, 5) is 12.3. The molecule has 86 valence electrons. The van der Waals surface area contributed by atoms with E-state index < -0.39 is 0 Å².